The van der Waals surface area contributed by atoms with Gasteiger partial charge in [0.15, 0.2) is 0 Å². The molecule has 0 heterocycles. The van der Waals surface area contributed by atoms with Crippen LogP contribution in [0.2, 0.25) is 5.02 Å². The van der Waals surface area contributed by atoms with Gasteiger partial charge >= 0.3 is 0 Å². The fourth-order valence-electron chi connectivity index (χ4n) is 2.74. The van der Waals surface area contributed by atoms with Gasteiger partial charge in [-0.25, -0.2) is 0 Å². The highest BCUT2D eigenvalue weighted by Gasteiger charge is 2.26. The summed E-state index contributed by atoms with van der Waals surface area (Å²) >= 11 is 6.08. The molecule has 4 nitrogen and oxygen atoms in total. The first-order valence-electron chi connectivity index (χ1n) is 9.22. The molecule has 0 aliphatic rings. The quantitative estimate of drug-likeness (QED) is 0.743. The largest absolute Gasteiger partial charge is 0.354 e. The minimum Gasteiger partial charge on any atom is -0.354 e. The van der Waals surface area contributed by atoms with E-state index in [9.17, 15) is 9.59 Å². The predicted octanol–water partition coefficient (Wildman–Crippen LogP) is 4.07. The van der Waals surface area contributed by atoms with Crippen molar-refractivity contribution < 1.29 is 9.59 Å². The normalized spacial score (nSPS) is 11.9. The molecule has 0 fully saturated rings. The SMILES string of the molecule is CC(C)CNC(=O)[C@@H](C)N(Cc1cccc(Cl)c1)C(=O)Cc1ccccc1. The molecule has 2 aromatic rings. The summed E-state index contributed by atoms with van der Waals surface area (Å²) in [5.74, 6) is 0.114. The fourth-order valence-corrected chi connectivity index (χ4v) is 2.95. The molecule has 27 heavy (non-hydrogen) atoms. The van der Waals surface area contributed by atoms with E-state index in [1.165, 1.54) is 0 Å². The van der Waals surface area contributed by atoms with Crippen molar-refractivity contribution in [1.29, 1.82) is 0 Å². The number of benzene rings is 2. The van der Waals surface area contributed by atoms with Gasteiger partial charge in [-0.15, -0.1) is 0 Å². The van der Waals surface area contributed by atoms with Crippen molar-refractivity contribution in [2.45, 2.75) is 39.8 Å². The second-order valence-corrected chi connectivity index (χ2v) is 7.57. The van der Waals surface area contributed by atoms with Crippen molar-refractivity contribution in [2.24, 2.45) is 5.92 Å². The molecule has 144 valence electrons. The summed E-state index contributed by atoms with van der Waals surface area (Å²) in [6.07, 6.45) is 0.253. The van der Waals surface area contributed by atoms with Gasteiger partial charge in [0, 0.05) is 18.1 Å². The van der Waals surface area contributed by atoms with E-state index in [2.05, 4.69) is 5.32 Å². The van der Waals surface area contributed by atoms with Gasteiger partial charge in [-0.3, -0.25) is 9.59 Å². The van der Waals surface area contributed by atoms with Crippen LogP contribution in [-0.2, 0) is 22.6 Å². The molecule has 0 aromatic heterocycles. The smallest absolute Gasteiger partial charge is 0.242 e. The Morgan fingerprint density at radius 2 is 1.67 bits per heavy atom. The van der Waals surface area contributed by atoms with Crippen molar-refractivity contribution in [3.63, 3.8) is 0 Å². The predicted molar refractivity (Wildman–Crippen MR) is 109 cm³/mol. The first kappa shape index (κ1) is 21.0. The number of nitrogens with zero attached hydrogens (tertiary/aromatic N) is 1. The van der Waals surface area contributed by atoms with Crippen LogP contribution in [0.4, 0.5) is 0 Å². The molecule has 1 atom stereocenters. The summed E-state index contributed by atoms with van der Waals surface area (Å²) in [5, 5.41) is 3.53. The van der Waals surface area contributed by atoms with Crippen LogP contribution in [0.25, 0.3) is 0 Å². The van der Waals surface area contributed by atoms with E-state index >= 15 is 0 Å². The van der Waals surface area contributed by atoms with Crippen molar-refractivity contribution in [3.8, 4) is 0 Å². The molecule has 0 saturated heterocycles. The van der Waals surface area contributed by atoms with Crippen LogP contribution in [0.5, 0.6) is 0 Å². The molecule has 0 radical (unpaired) electrons. The molecule has 0 bridgehead atoms. The van der Waals surface area contributed by atoms with Crippen LogP contribution in [-0.4, -0.2) is 29.3 Å². The molecule has 0 aliphatic carbocycles. The molecule has 0 unspecified atom stereocenters. The average molecular weight is 387 g/mol. The zero-order valence-corrected chi connectivity index (χ0v) is 16.9. The van der Waals surface area contributed by atoms with Crippen molar-refractivity contribution >= 4 is 23.4 Å². The highest BCUT2D eigenvalue weighted by molar-refractivity contribution is 6.30. The average Bonchev–Trinajstić information content (AvgIpc) is 2.64. The summed E-state index contributed by atoms with van der Waals surface area (Å²) in [7, 11) is 0. The molecule has 1 N–H and O–H groups in total. The summed E-state index contributed by atoms with van der Waals surface area (Å²) in [6.45, 7) is 6.76. The Hall–Kier alpha value is -2.33. The number of rotatable bonds is 8. The zero-order valence-electron chi connectivity index (χ0n) is 16.1. The van der Waals surface area contributed by atoms with E-state index in [4.69, 9.17) is 11.6 Å². The maximum atomic E-state index is 13.0. The highest BCUT2D eigenvalue weighted by Crippen LogP contribution is 2.16. The molecular formula is C22H27ClN2O2. The van der Waals surface area contributed by atoms with Crippen LogP contribution in [0.15, 0.2) is 54.6 Å². The number of halogens is 1. The topological polar surface area (TPSA) is 49.4 Å². The first-order chi connectivity index (χ1) is 12.9. The van der Waals surface area contributed by atoms with Crippen LogP contribution >= 0.6 is 11.6 Å². The van der Waals surface area contributed by atoms with Gasteiger partial charge < -0.3 is 10.2 Å². The van der Waals surface area contributed by atoms with Crippen molar-refractivity contribution in [1.82, 2.24) is 10.2 Å². The van der Waals surface area contributed by atoms with Crippen LogP contribution in [0, 0.1) is 5.92 Å². The number of carbonyl (C=O) groups excluding carboxylic acids is 2. The molecule has 0 spiro atoms. The van der Waals surface area contributed by atoms with Crippen LogP contribution < -0.4 is 5.32 Å². The van der Waals surface area contributed by atoms with Gasteiger partial charge in [0.05, 0.1) is 6.42 Å². The summed E-state index contributed by atoms with van der Waals surface area (Å²) < 4.78 is 0. The van der Waals surface area contributed by atoms with Crippen molar-refractivity contribution in [2.75, 3.05) is 6.54 Å². The number of carbonyl (C=O) groups is 2. The Morgan fingerprint density at radius 3 is 2.30 bits per heavy atom. The lowest BCUT2D eigenvalue weighted by atomic mass is 10.1. The maximum Gasteiger partial charge on any atom is 0.242 e. The Bertz CT molecular complexity index is 762. The lowest BCUT2D eigenvalue weighted by Crippen LogP contribution is -2.48. The van der Waals surface area contributed by atoms with Crippen molar-refractivity contribution in [3.05, 3.63) is 70.7 Å². The van der Waals surface area contributed by atoms with Gasteiger partial charge in [-0.1, -0.05) is 67.9 Å². The van der Waals surface area contributed by atoms with Gasteiger partial charge in [0.2, 0.25) is 11.8 Å². The molecule has 0 saturated carbocycles. The Kier molecular flexibility index (Phi) is 7.86. The second kappa shape index (κ2) is 10.1. The van der Waals surface area contributed by atoms with E-state index < -0.39 is 6.04 Å². The third kappa shape index (κ3) is 6.72. The maximum absolute atomic E-state index is 13.0. The van der Waals surface area contributed by atoms with Crippen LogP contribution in [0.1, 0.15) is 31.9 Å². The third-order valence-corrected chi connectivity index (χ3v) is 4.53. The van der Waals surface area contributed by atoms with E-state index in [0.717, 1.165) is 11.1 Å². The number of hydrogen-bond acceptors (Lipinski definition) is 2. The Morgan fingerprint density at radius 1 is 1.00 bits per heavy atom. The van der Waals surface area contributed by atoms with Crippen LogP contribution in [0.3, 0.4) is 0 Å². The lowest BCUT2D eigenvalue weighted by Gasteiger charge is -2.29. The van der Waals surface area contributed by atoms with E-state index in [0.29, 0.717) is 24.0 Å². The molecule has 0 aliphatic heterocycles. The number of nitrogens with one attached hydrogen (secondary N) is 1. The standard InChI is InChI=1S/C22H27ClN2O2/c1-16(2)14-24-22(27)17(3)25(15-19-10-7-11-20(23)12-19)21(26)13-18-8-5-4-6-9-18/h4-12,16-17H,13-15H2,1-3H3,(H,24,27)/t17-/m1/s1. The molecular weight excluding hydrogens is 360 g/mol. The Labute approximate surface area is 166 Å². The van der Waals surface area contributed by atoms with E-state index in [1.807, 2.05) is 62.4 Å². The van der Waals surface area contributed by atoms with E-state index in [-0.39, 0.29) is 18.2 Å². The van der Waals surface area contributed by atoms with Gasteiger partial charge in [0.1, 0.15) is 6.04 Å². The minimum atomic E-state index is -0.570. The molecule has 2 rings (SSSR count). The monoisotopic (exact) mass is 386 g/mol. The number of hydrogen-bond donors (Lipinski definition) is 1. The second-order valence-electron chi connectivity index (χ2n) is 7.13. The van der Waals surface area contributed by atoms with Gasteiger partial charge in [0.25, 0.3) is 0 Å². The number of amides is 2. The summed E-state index contributed by atoms with van der Waals surface area (Å²) in [4.78, 5) is 27.2. The summed E-state index contributed by atoms with van der Waals surface area (Å²) in [5.41, 5.74) is 1.82. The third-order valence-electron chi connectivity index (χ3n) is 4.29. The fraction of sp³-hybridized carbons (Fsp3) is 0.364. The minimum absolute atomic E-state index is 0.0895. The molecule has 2 amide bonds. The highest BCUT2D eigenvalue weighted by atomic mass is 35.5. The molecule has 2 aromatic carbocycles. The first-order valence-corrected chi connectivity index (χ1v) is 9.60. The van der Waals surface area contributed by atoms with Gasteiger partial charge in [-0.05, 0) is 36.1 Å². The Balaban J connectivity index is 2.18. The lowest BCUT2D eigenvalue weighted by molar-refractivity contribution is -0.140. The van der Waals surface area contributed by atoms with Gasteiger partial charge in [-0.2, -0.15) is 0 Å². The molecule has 5 heteroatoms. The summed E-state index contributed by atoms with van der Waals surface area (Å²) in [6, 6.07) is 16.4. The van der Waals surface area contributed by atoms with E-state index in [1.54, 1.807) is 17.9 Å². The zero-order chi connectivity index (χ0) is 19.8.